The van der Waals surface area contributed by atoms with E-state index in [2.05, 4.69) is 48.5 Å². The first kappa shape index (κ1) is 21.4. The SMILES string of the molecule is CCNC(=NCc1cn2ccccc2n1)NC1CC(C)(C)Oc2ccccc21.I. The fourth-order valence-corrected chi connectivity index (χ4v) is 3.64. The van der Waals surface area contributed by atoms with Crippen molar-refractivity contribution in [2.45, 2.75) is 45.4 Å². The van der Waals surface area contributed by atoms with Crippen LogP contribution in [0.5, 0.6) is 5.75 Å². The van der Waals surface area contributed by atoms with Crippen LogP contribution in [0.3, 0.4) is 0 Å². The van der Waals surface area contributed by atoms with Gasteiger partial charge in [-0.2, -0.15) is 0 Å². The van der Waals surface area contributed by atoms with Crippen LogP contribution in [0, 0.1) is 0 Å². The Morgan fingerprint density at radius 1 is 1.24 bits per heavy atom. The minimum Gasteiger partial charge on any atom is -0.487 e. The lowest BCUT2D eigenvalue weighted by atomic mass is 9.90. The van der Waals surface area contributed by atoms with E-state index >= 15 is 0 Å². The van der Waals surface area contributed by atoms with Gasteiger partial charge in [-0.15, -0.1) is 24.0 Å². The van der Waals surface area contributed by atoms with Crippen molar-refractivity contribution in [3.8, 4) is 5.75 Å². The van der Waals surface area contributed by atoms with Gasteiger partial charge in [0, 0.05) is 30.9 Å². The van der Waals surface area contributed by atoms with Gasteiger partial charge >= 0.3 is 0 Å². The normalized spacial score (nSPS) is 17.8. The highest BCUT2D eigenvalue weighted by Crippen LogP contribution is 2.39. The second-order valence-corrected chi connectivity index (χ2v) is 7.69. The maximum Gasteiger partial charge on any atom is 0.192 e. The van der Waals surface area contributed by atoms with Gasteiger partial charge in [-0.05, 0) is 39.0 Å². The van der Waals surface area contributed by atoms with Crippen molar-refractivity contribution in [1.82, 2.24) is 20.0 Å². The highest BCUT2D eigenvalue weighted by Gasteiger charge is 2.33. The molecule has 0 saturated carbocycles. The number of hydrogen-bond acceptors (Lipinski definition) is 3. The smallest absolute Gasteiger partial charge is 0.192 e. The molecule has 0 spiro atoms. The lowest BCUT2D eigenvalue weighted by molar-refractivity contribution is 0.0694. The summed E-state index contributed by atoms with van der Waals surface area (Å²) in [7, 11) is 0. The van der Waals surface area contributed by atoms with Gasteiger partial charge in [-0.1, -0.05) is 24.3 Å². The van der Waals surface area contributed by atoms with Gasteiger partial charge in [0.2, 0.25) is 0 Å². The third kappa shape index (κ3) is 5.01. The summed E-state index contributed by atoms with van der Waals surface area (Å²) in [6.07, 6.45) is 4.89. The van der Waals surface area contributed by atoms with E-state index in [1.807, 2.05) is 47.1 Å². The van der Waals surface area contributed by atoms with Crippen LogP contribution in [0.15, 0.2) is 59.9 Å². The minimum atomic E-state index is -0.231. The number of hydrogen-bond donors (Lipinski definition) is 2. The fraction of sp³-hybridized carbons (Fsp3) is 0.364. The molecule has 1 unspecified atom stereocenters. The average molecular weight is 505 g/mol. The fourth-order valence-electron chi connectivity index (χ4n) is 3.64. The molecule has 3 aromatic rings. The number of nitrogens with zero attached hydrogens (tertiary/aromatic N) is 3. The Morgan fingerprint density at radius 3 is 2.83 bits per heavy atom. The van der Waals surface area contributed by atoms with E-state index < -0.39 is 0 Å². The maximum absolute atomic E-state index is 6.14. The Hall–Kier alpha value is -2.29. The number of rotatable bonds is 4. The number of guanidine groups is 1. The zero-order valence-corrected chi connectivity index (χ0v) is 19.4. The number of ether oxygens (including phenoxy) is 1. The van der Waals surface area contributed by atoms with Crippen molar-refractivity contribution in [3.05, 3.63) is 66.1 Å². The summed E-state index contributed by atoms with van der Waals surface area (Å²) in [4.78, 5) is 9.40. The van der Waals surface area contributed by atoms with E-state index in [4.69, 9.17) is 9.73 Å². The van der Waals surface area contributed by atoms with Gasteiger partial charge in [-0.3, -0.25) is 0 Å². The summed E-state index contributed by atoms with van der Waals surface area (Å²) < 4.78 is 8.16. The first-order valence-electron chi connectivity index (χ1n) is 9.79. The number of aliphatic imine (C=N–C) groups is 1. The number of halogens is 1. The molecule has 4 rings (SSSR count). The molecule has 1 atom stereocenters. The van der Waals surface area contributed by atoms with Crippen LogP contribution in [0.1, 0.15) is 44.5 Å². The molecule has 2 N–H and O–H groups in total. The number of fused-ring (bicyclic) bond motifs is 2. The molecular weight excluding hydrogens is 477 g/mol. The van der Waals surface area contributed by atoms with Gasteiger partial charge in [0.15, 0.2) is 5.96 Å². The molecule has 7 heteroatoms. The quantitative estimate of drug-likeness (QED) is 0.315. The van der Waals surface area contributed by atoms with Crippen LogP contribution in [-0.4, -0.2) is 27.5 Å². The summed E-state index contributed by atoms with van der Waals surface area (Å²) in [6.45, 7) is 7.64. The van der Waals surface area contributed by atoms with Crippen LogP contribution in [0.25, 0.3) is 5.65 Å². The standard InChI is InChI=1S/C22H27N5O.HI/c1-4-23-21(24-14-16-15-27-12-8-7-11-20(27)25-16)26-18-13-22(2,3)28-19-10-6-5-9-17(18)19;/h5-12,15,18H,4,13-14H2,1-3H3,(H2,23,24,26);1H. The lowest BCUT2D eigenvalue weighted by Gasteiger charge is -2.38. The van der Waals surface area contributed by atoms with Crippen LogP contribution in [-0.2, 0) is 6.54 Å². The van der Waals surface area contributed by atoms with E-state index in [1.165, 1.54) is 5.56 Å². The summed E-state index contributed by atoms with van der Waals surface area (Å²) in [5.74, 6) is 1.73. The van der Waals surface area contributed by atoms with Crippen molar-refractivity contribution in [3.63, 3.8) is 0 Å². The number of benzene rings is 1. The van der Waals surface area contributed by atoms with Crippen molar-refractivity contribution in [1.29, 1.82) is 0 Å². The molecule has 1 aromatic carbocycles. The molecule has 0 bridgehead atoms. The Kier molecular flexibility index (Phi) is 6.66. The highest BCUT2D eigenvalue weighted by atomic mass is 127. The third-order valence-electron chi connectivity index (χ3n) is 4.84. The molecule has 0 amide bonds. The number of para-hydroxylation sites is 1. The van der Waals surface area contributed by atoms with E-state index in [0.717, 1.165) is 36.0 Å². The molecule has 0 fully saturated rings. The molecule has 1 aliphatic heterocycles. The predicted octanol–water partition coefficient (Wildman–Crippen LogP) is 4.31. The summed E-state index contributed by atoms with van der Waals surface area (Å²) >= 11 is 0. The second kappa shape index (κ2) is 9.02. The van der Waals surface area contributed by atoms with Gasteiger partial charge in [-0.25, -0.2) is 9.98 Å². The zero-order chi connectivity index (χ0) is 19.6. The summed E-state index contributed by atoms with van der Waals surface area (Å²) in [5.41, 5.74) is 2.81. The third-order valence-corrected chi connectivity index (χ3v) is 4.84. The van der Waals surface area contributed by atoms with E-state index in [0.29, 0.717) is 6.54 Å². The molecule has 6 nitrogen and oxygen atoms in total. The Bertz CT molecular complexity index is 965. The van der Waals surface area contributed by atoms with E-state index in [-0.39, 0.29) is 35.6 Å². The first-order valence-corrected chi connectivity index (χ1v) is 9.79. The van der Waals surface area contributed by atoms with Crippen molar-refractivity contribution < 1.29 is 4.74 Å². The number of nitrogens with one attached hydrogen (secondary N) is 2. The Balaban J connectivity index is 0.00000240. The first-order chi connectivity index (χ1) is 13.5. The predicted molar refractivity (Wildman–Crippen MR) is 127 cm³/mol. The van der Waals surface area contributed by atoms with Crippen LogP contribution in [0.4, 0.5) is 0 Å². The molecule has 29 heavy (non-hydrogen) atoms. The van der Waals surface area contributed by atoms with E-state index in [9.17, 15) is 0 Å². The van der Waals surface area contributed by atoms with Crippen LogP contribution < -0.4 is 15.4 Å². The molecule has 0 saturated heterocycles. The zero-order valence-electron chi connectivity index (χ0n) is 17.1. The van der Waals surface area contributed by atoms with Gasteiger partial charge in [0.25, 0.3) is 0 Å². The molecule has 0 radical (unpaired) electrons. The molecule has 154 valence electrons. The van der Waals surface area contributed by atoms with Crippen LogP contribution in [0.2, 0.25) is 0 Å². The molecule has 3 heterocycles. The van der Waals surface area contributed by atoms with Crippen molar-refractivity contribution in [2.75, 3.05) is 6.54 Å². The monoisotopic (exact) mass is 505 g/mol. The maximum atomic E-state index is 6.14. The van der Waals surface area contributed by atoms with Crippen LogP contribution >= 0.6 is 24.0 Å². The van der Waals surface area contributed by atoms with Crippen molar-refractivity contribution >= 4 is 35.6 Å². The number of pyridine rings is 1. The second-order valence-electron chi connectivity index (χ2n) is 7.69. The topological polar surface area (TPSA) is 63.0 Å². The number of imidazole rings is 1. The largest absolute Gasteiger partial charge is 0.487 e. The summed E-state index contributed by atoms with van der Waals surface area (Å²) in [6, 6.07) is 14.3. The molecule has 2 aromatic heterocycles. The summed E-state index contributed by atoms with van der Waals surface area (Å²) in [5, 5.41) is 6.95. The Morgan fingerprint density at radius 2 is 2.03 bits per heavy atom. The average Bonchev–Trinajstić information content (AvgIpc) is 3.08. The molecule has 0 aliphatic carbocycles. The minimum absolute atomic E-state index is 0. The van der Waals surface area contributed by atoms with E-state index in [1.54, 1.807) is 0 Å². The van der Waals surface area contributed by atoms with Gasteiger partial charge in [0.1, 0.15) is 17.0 Å². The van der Waals surface area contributed by atoms with Crippen molar-refractivity contribution in [2.24, 2.45) is 4.99 Å². The molecular formula is C22H28IN5O. The number of aromatic nitrogens is 2. The van der Waals surface area contributed by atoms with Gasteiger partial charge in [0.05, 0.1) is 18.3 Å². The molecule has 1 aliphatic rings. The highest BCUT2D eigenvalue weighted by molar-refractivity contribution is 14.0. The van der Waals surface area contributed by atoms with Gasteiger partial charge < -0.3 is 19.8 Å². The lowest BCUT2D eigenvalue weighted by Crippen LogP contribution is -2.45. The Labute approximate surface area is 188 Å².